The third-order valence-corrected chi connectivity index (χ3v) is 3.46. The summed E-state index contributed by atoms with van der Waals surface area (Å²) in [6, 6.07) is 7.75. The first-order valence-corrected chi connectivity index (χ1v) is 6.52. The van der Waals surface area contributed by atoms with Gasteiger partial charge >= 0.3 is 6.18 Å². The van der Waals surface area contributed by atoms with Crippen LogP contribution < -0.4 is 5.32 Å². The molecule has 2 rings (SSSR count). The molecule has 108 valence electrons. The van der Waals surface area contributed by atoms with Crippen LogP contribution in [-0.2, 0) is 0 Å². The lowest BCUT2D eigenvalue weighted by molar-refractivity contribution is -0.148. The third kappa shape index (κ3) is 3.71. The molecule has 0 aliphatic carbocycles. The largest absolute Gasteiger partial charge is 0.390 e. The van der Waals surface area contributed by atoms with Crippen molar-refractivity contribution in [3.05, 3.63) is 35.4 Å². The Labute approximate surface area is 116 Å². The Morgan fingerprint density at radius 1 is 1.25 bits per heavy atom. The molecule has 3 nitrogen and oxygen atoms in total. The highest BCUT2D eigenvalue weighted by atomic mass is 19.4. The van der Waals surface area contributed by atoms with Gasteiger partial charge in [-0.2, -0.15) is 18.4 Å². The number of alkyl halides is 3. The predicted molar refractivity (Wildman–Crippen MR) is 69.0 cm³/mol. The van der Waals surface area contributed by atoms with E-state index in [-0.39, 0.29) is 0 Å². The maximum absolute atomic E-state index is 12.9. The Balaban J connectivity index is 2.32. The van der Waals surface area contributed by atoms with E-state index in [9.17, 15) is 13.2 Å². The molecule has 1 aromatic carbocycles. The van der Waals surface area contributed by atoms with Gasteiger partial charge in [-0.1, -0.05) is 18.2 Å². The maximum Gasteiger partial charge on any atom is 0.390 e. The first-order valence-electron chi connectivity index (χ1n) is 6.52. The first-order chi connectivity index (χ1) is 9.51. The second-order valence-corrected chi connectivity index (χ2v) is 4.82. The Morgan fingerprint density at radius 3 is 2.50 bits per heavy atom. The third-order valence-electron chi connectivity index (χ3n) is 3.46. The Kier molecular flexibility index (Phi) is 4.63. The van der Waals surface area contributed by atoms with Crippen molar-refractivity contribution < 1.29 is 13.2 Å². The highest BCUT2D eigenvalue weighted by Crippen LogP contribution is 2.35. The van der Waals surface area contributed by atoms with E-state index in [4.69, 9.17) is 5.26 Å². The number of hydrogen-bond donors (Lipinski definition) is 1. The normalized spacial score (nSPS) is 18.5. The molecule has 1 N–H and O–H groups in total. The van der Waals surface area contributed by atoms with Gasteiger partial charge in [0.2, 0.25) is 0 Å². The molecule has 1 heterocycles. The summed E-state index contributed by atoms with van der Waals surface area (Å²) < 4.78 is 38.6. The van der Waals surface area contributed by atoms with Crippen LogP contribution >= 0.6 is 0 Å². The zero-order chi connectivity index (χ0) is 14.6. The number of halogens is 3. The first kappa shape index (κ1) is 14.8. The van der Waals surface area contributed by atoms with E-state index in [0.29, 0.717) is 37.3 Å². The lowest BCUT2D eigenvalue weighted by Gasteiger charge is -2.36. The van der Waals surface area contributed by atoms with E-state index >= 15 is 0 Å². The summed E-state index contributed by atoms with van der Waals surface area (Å²) in [6.07, 6.45) is -5.18. The average molecular weight is 283 g/mol. The Hall–Kier alpha value is -1.58. The number of benzene rings is 1. The van der Waals surface area contributed by atoms with Gasteiger partial charge in [0.15, 0.2) is 0 Å². The van der Waals surface area contributed by atoms with E-state index in [0.717, 1.165) is 0 Å². The summed E-state index contributed by atoms with van der Waals surface area (Å²) in [5, 5.41) is 12.2. The molecule has 0 saturated carbocycles. The van der Waals surface area contributed by atoms with E-state index in [1.54, 1.807) is 29.2 Å². The summed E-state index contributed by atoms with van der Waals surface area (Å²) in [6.45, 7) is 2.45. The minimum Gasteiger partial charge on any atom is -0.314 e. The summed E-state index contributed by atoms with van der Waals surface area (Å²) >= 11 is 0. The molecule has 1 aliphatic rings. The predicted octanol–water partition coefficient (Wildman–Crippen LogP) is 2.46. The topological polar surface area (TPSA) is 39.1 Å². The Bertz CT molecular complexity index is 487. The molecule has 1 aliphatic heterocycles. The molecule has 1 saturated heterocycles. The van der Waals surface area contributed by atoms with Crippen LogP contribution in [0.2, 0.25) is 0 Å². The molecule has 0 amide bonds. The van der Waals surface area contributed by atoms with Crippen molar-refractivity contribution in [2.75, 3.05) is 26.2 Å². The Morgan fingerprint density at radius 2 is 1.90 bits per heavy atom. The highest BCUT2D eigenvalue weighted by molar-refractivity contribution is 5.39. The number of hydrogen-bond acceptors (Lipinski definition) is 3. The van der Waals surface area contributed by atoms with Gasteiger partial charge in [0, 0.05) is 32.2 Å². The minimum absolute atomic E-state index is 0.320. The van der Waals surface area contributed by atoms with Crippen LogP contribution in [0.15, 0.2) is 24.3 Å². The minimum atomic E-state index is -4.25. The molecule has 0 bridgehead atoms. The fourth-order valence-corrected chi connectivity index (χ4v) is 2.54. The second-order valence-electron chi connectivity index (χ2n) is 4.82. The van der Waals surface area contributed by atoms with Crippen LogP contribution in [0.25, 0.3) is 0 Å². The molecule has 1 fully saturated rings. The van der Waals surface area contributed by atoms with Crippen molar-refractivity contribution in [1.29, 1.82) is 5.26 Å². The standard InChI is InChI=1S/C14H16F3N3/c15-14(16,17)9-13(20-7-5-19-6-8-20)12-4-2-1-3-11(12)10-18/h1-4,13,19H,5-9H2/t13-/m0/s1. The van der Waals surface area contributed by atoms with E-state index in [1.165, 1.54) is 0 Å². The van der Waals surface area contributed by atoms with E-state index in [2.05, 4.69) is 5.32 Å². The van der Waals surface area contributed by atoms with Gasteiger partial charge in [-0.05, 0) is 11.6 Å². The van der Waals surface area contributed by atoms with Crippen LogP contribution in [0.3, 0.4) is 0 Å². The van der Waals surface area contributed by atoms with E-state index < -0.39 is 18.6 Å². The van der Waals surface area contributed by atoms with Gasteiger partial charge in [-0.3, -0.25) is 4.90 Å². The highest BCUT2D eigenvalue weighted by Gasteiger charge is 2.36. The van der Waals surface area contributed by atoms with Crippen LogP contribution in [0.4, 0.5) is 13.2 Å². The van der Waals surface area contributed by atoms with Gasteiger partial charge in [-0.15, -0.1) is 0 Å². The molecule has 1 aromatic rings. The van der Waals surface area contributed by atoms with Gasteiger partial charge in [0.25, 0.3) is 0 Å². The van der Waals surface area contributed by atoms with Crippen molar-refractivity contribution in [2.24, 2.45) is 0 Å². The van der Waals surface area contributed by atoms with Crippen molar-refractivity contribution >= 4 is 0 Å². The van der Waals surface area contributed by atoms with Gasteiger partial charge in [0.05, 0.1) is 18.1 Å². The van der Waals surface area contributed by atoms with Gasteiger partial charge in [-0.25, -0.2) is 0 Å². The number of nitrogens with one attached hydrogen (secondary N) is 1. The zero-order valence-electron chi connectivity index (χ0n) is 11.0. The zero-order valence-corrected chi connectivity index (χ0v) is 11.0. The van der Waals surface area contributed by atoms with Gasteiger partial charge in [0.1, 0.15) is 0 Å². The quantitative estimate of drug-likeness (QED) is 0.926. The molecule has 1 atom stereocenters. The fraction of sp³-hybridized carbons (Fsp3) is 0.500. The molecule has 0 aromatic heterocycles. The van der Waals surface area contributed by atoms with Crippen LogP contribution in [0, 0.1) is 11.3 Å². The molecule has 0 radical (unpaired) electrons. The number of rotatable bonds is 3. The van der Waals surface area contributed by atoms with Crippen LogP contribution in [-0.4, -0.2) is 37.3 Å². The summed E-state index contributed by atoms with van der Waals surface area (Å²) in [5.41, 5.74) is 0.787. The molecular weight excluding hydrogens is 267 g/mol. The summed E-state index contributed by atoms with van der Waals surface area (Å²) in [4.78, 5) is 1.81. The van der Waals surface area contributed by atoms with Gasteiger partial charge < -0.3 is 5.32 Å². The molecule has 20 heavy (non-hydrogen) atoms. The number of nitriles is 1. The lowest BCUT2D eigenvalue weighted by atomic mass is 9.96. The van der Waals surface area contributed by atoms with Crippen molar-refractivity contribution in [1.82, 2.24) is 10.2 Å². The number of nitrogens with zero attached hydrogens (tertiary/aromatic N) is 2. The monoisotopic (exact) mass is 283 g/mol. The molecule has 6 heteroatoms. The molecule has 0 spiro atoms. The van der Waals surface area contributed by atoms with E-state index in [1.807, 2.05) is 6.07 Å². The van der Waals surface area contributed by atoms with Crippen molar-refractivity contribution in [3.8, 4) is 6.07 Å². The second kappa shape index (κ2) is 6.25. The maximum atomic E-state index is 12.9. The van der Waals surface area contributed by atoms with Crippen molar-refractivity contribution in [2.45, 2.75) is 18.6 Å². The molecular formula is C14H16F3N3. The molecule has 0 unspecified atom stereocenters. The fourth-order valence-electron chi connectivity index (χ4n) is 2.54. The van der Waals surface area contributed by atoms with Crippen LogP contribution in [0.1, 0.15) is 23.6 Å². The van der Waals surface area contributed by atoms with Crippen LogP contribution in [0.5, 0.6) is 0 Å². The smallest absolute Gasteiger partial charge is 0.314 e. The lowest BCUT2D eigenvalue weighted by Crippen LogP contribution is -2.46. The van der Waals surface area contributed by atoms with Crippen molar-refractivity contribution in [3.63, 3.8) is 0 Å². The average Bonchev–Trinajstić information content (AvgIpc) is 2.45. The summed E-state index contributed by atoms with van der Waals surface area (Å²) in [7, 11) is 0. The summed E-state index contributed by atoms with van der Waals surface area (Å²) in [5.74, 6) is 0. The SMILES string of the molecule is N#Cc1ccccc1[C@H](CC(F)(F)F)N1CCNCC1. The number of piperazine rings is 1.